The molecule has 1 N–H and O–H groups in total. The Kier molecular flexibility index (Phi) is 4.44. The van der Waals surface area contributed by atoms with Gasteiger partial charge in [0.2, 0.25) is 0 Å². The number of hydrogen-bond acceptors (Lipinski definition) is 3. The molecule has 0 spiro atoms. The van der Waals surface area contributed by atoms with Crippen molar-refractivity contribution in [3.05, 3.63) is 75.8 Å². The molecule has 102 valence electrons. The van der Waals surface area contributed by atoms with E-state index < -0.39 is 4.92 Å². The standard InChI is InChI=1S/C15H14N2O3/c18-15(13-6-2-1-3-7-13)16-10-9-12-5-4-8-14(11-12)17(19)20/h1-8,11H,9-10H2,(H,16,18). The summed E-state index contributed by atoms with van der Waals surface area (Å²) in [5.74, 6) is -0.143. The average Bonchev–Trinajstić information content (AvgIpc) is 2.48. The molecule has 0 unspecified atom stereocenters. The number of carbonyl (C=O) groups excluding carboxylic acids is 1. The number of rotatable bonds is 5. The van der Waals surface area contributed by atoms with Gasteiger partial charge in [0.15, 0.2) is 0 Å². The molecule has 5 heteroatoms. The molecule has 0 saturated heterocycles. The molecule has 1 amide bonds. The van der Waals surface area contributed by atoms with Crippen molar-refractivity contribution >= 4 is 11.6 Å². The van der Waals surface area contributed by atoms with Crippen LogP contribution >= 0.6 is 0 Å². The van der Waals surface area contributed by atoms with Crippen molar-refractivity contribution in [2.75, 3.05) is 6.54 Å². The maximum Gasteiger partial charge on any atom is 0.269 e. The zero-order valence-corrected chi connectivity index (χ0v) is 10.8. The minimum Gasteiger partial charge on any atom is -0.352 e. The topological polar surface area (TPSA) is 72.2 Å². The summed E-state index contributed by atoms with van der Waals surface area (Å²) in [7, 11) is 0. The Bertz CT molecular complexity index is 612. The Morgan fingerprint density at radius 2 is 1.85 bits per heavy atom. The summed E-state index contributed by atoms with van der Waals surface area (Å²) in [4.78, 5) is 22.0. The highest BCUT2D eigenvalue weighted by atomic mass is 16.6. The number of hydrogen-bond donors (Lipinski definition) is 1. The normalized spacial score (nSPS) is 10.0. The van der Waals surface area contributed by atoms with Gasteiger partial charge in [0.25, 0.3) is 11.6 Å². The molecule has 2 aromatic rings. The summed E-state index contributed by atoms with van der Waals surface area (Å²) in [5, 5.41) is 13.4. The van der Waals surface area contributed by atoms with Crippen LogP contribution in [-0.2, 0) is 6.42 Å². The molecule has 0 aliphatic carbocycles. The predicted octanol–water partition coefficient (Wildman–Crippen LogP) is 2.57. The first-order valence-corrected chi connectivity index (χ1v) is 6.23. The first-order chi connectivity index (χ1) is 9.66. The van der Waals surface area contributed by atoms with Crippen LogP contribution in [0.4, 0.5) is 5.69 Å². The lowest BCUT2D eigenvalue weighted by Crippen LogP contribution is -2.25. The first-order valence-electron chi connectivity index (χ1n) is 6.23. The van der Waals surface area contributed by atoms with Gasteiger partial charge in [-0.1, -0.05) is 30.3 Å². The minimum absolute atomic E-state index is 0.0666. The fourth-order valence-electron chi connectivity index (χ4n) is 1.84. The van der Waals surface area contributed by atoms with E-state index in [9.17, 15) is 14.9 Å². The van der Waals surface area contributed by atoms with Crippen LogP contribution in [0.2, 0.25) is 0 Å². The number of benzene rings is 2. The summed E-state index contributed by atoms with van der Waals surface area (Å²) in [6.45, 7) is 0.439. The molecular formula is C15H14N2O3. The van der Waals surface area contributed by atoms with E-state index in [1.807, 2.05) is 12.1 Å². The van der Waals surface area contributed by atoms with E-state index in [-0.39, 0.29) is 11.6 Å². The molecule has 20 heavy (non-hydrogen) atoms. The second kappa shape index (κ2) is 6.47. The smallest absolute Gasteiger partial charge is 0.269 e. The van der Waals surface area contributed by atoms with Crippen LogP contribution in [0.15, 0.2) is 54.6 Å². The molecule has 2 rings (SSSR count). The molecular weight excluding hydrogens is 256 g/mol. The van der Waals surface area contributed by atoms with Crippen LogP contribution in [0.25, 0.3) is 0 Å². The van der Waals surface area contributed by atoms with Gasteiger partial charge in [-0.05, 0) is 24.1 Å². The van der Waals surface area contributed by atoms with Crippen molar-refractivity contribution < 1.29 is 9.72 Å². The van der Waals surface area contributed by atoms with E-state index in [0.29, 0.717) is 18.5 Å². The Labute approximate surface area is 116 Å². The lowest BCUT2D eigenvalue weighted by atomic mass is 10.1. The average molecular weight is 270 g/mol. The Balaban J connectivity index is 1.89. The summed E-state index contributed by atoms with van der Waals surface area (Å²) >= 11 is 0. The Hall–Kier alpha value is -2.69. The number of nitro groups is 1. The lowest BCUT2D eigenvalue weighted by molar-refractivity contribution is -0.384. The van der Waals surface area contributed by atoms with Gasteiger partial charge < -0.3 is 5.32 Å². The highest BCUT2D eigenvalue weighted by molar-refractivity contribution is 5.94. The minimum atomic E-state index is -0.425. The third-order valence-corrected chi connectivity index (χ3v) is 2.86. The van der Waals surface area contributed by atoms with Crippen molar-refractivity contribution in [1.29, 1.82) is 0 Å². The van der Waals surface area contributed by atoms with E-state index in [1.54, 1.807) is 30.3 Å². The second-order valence-electron chi connectivity index (χ2n) is 4.30. The van der Waals surface area contributed by atoms with Gasteiger partial charge in [0.1, 0.15) is 0 Å². The Morgan fingerprint density at radius 1 is 1.10 bits per heavy atom. The molecule has 0 aliphatic rings. The molecule has 0 saturated carbocycles. The molecule has 0 aliphatic heterocycles. The van der Waals surface area contributed by atoms with Crippen molar-refractivity contribution in [2.45, 2.75) is 6.42 Å². The van der Waals surface area contributed by atoms with Crippen molar-refractivity contribution in [3.8, 4) is 0 Å². The third-order valence-electron chi connectivity index (χ3n) is 2.86. The highest BCUT2D eigenvalue weighted by Gasteiger charge is 2.06. The van der Waals surface area contributed by atoms with Crippen LogP contribution in [0.1, 0.15) is 15.9 Å². The molecule has 0 aromatic heterocycles. The fourth-order valence-corrected chi connectivity index (χ4v) is 1.84. The number of nitrogens with one attached hydrogen (secondary N) is 1. The van der Waals surface area contributed by atoms with Gasteiger partial charge in [-0.25, -0.2) is 0 Å². The highest BCUT2D eigenvalue weighted by Crippen LogP contribution is 2.13. The number of non-ortho nitro benzene ring substituents is 1. The maximum absolute atomic E-state index is 11.8. The molecule has 0 heterocycles. The van der Waals surface area contributed by atoms with Crippen LogP contribution in [0, 0.1) is 10.1 Å². The van der Waals surface area contributed by atoms with Gasteiger partial charge in [0, 0.05) is 24.2 Å². The SMILES string of the molecule is O=C(NCCc1cccc([N+](=O)[O-])c1)c1ccccc1. The summed E-state index contributed by atoms with van der Waals surface area (Å²) < 4.78 is 0. The molecule has 0 fully saturated rings. The van der Waals surface area contributed by atoms with E-state index in [2.05, 4.69) is 5.32 Å². The van der Waals surface area contributed by atoms with Gasteiger partial charge in [0.05, 0.1) is 4.92 Å². The van der Waals surface area contributed by atoms with Gasteiger partial charge in [-0.2, -0.15) is 0 Å². The van der Waals surface area contributed by atoms with E-state index >= 15 is 0 Å². The van der Waals surface area contributed by atoms with Crippen LogP contribution in [0.5, 0.6) is 0 Å². The summed E-state index contributed by atoms with van der Waals surface area (Å²) in [6.07, 6.45) is 0.556. The fraction of sp³-hybridized carbons (Fsp3) is 0.133. The zero-order valence-electron chi connectivity index (χ0n) is 10.8. The lowest BCUT2D eigenvalue weighted by Gasteiger charge is -2.05. The van der Waals surface area contributed by atoms with Gasteiger partial charge >= 0.3 is 0 Å². The largest absolute Gasteiger partial charge is 0.352 e. The first kappa shape index (κ1) is 13.7. The number of carbonyl (C=O) groups is 1. The second-order valence-corrected chi connectivity index (χ2v) is 4.30. The van der Waals surface area contributed by atoms with Crippen molar-refractivity contribution in [3.63, 3.8) is 0 Å². The van der Waals surface area contributed by atoms with Crippen LogP contribution < -0.4 is 5.32 Å². The van der Waals surface area contributed by atoms with E-state index in [4.69, 9.17) is 0 Å². The van der Waals surface area contributed by atoms with Gasteiger partial charge in [-0.15, -0.1) is 0 Å². The maximum atomic E-state index is 11.8. The number of nitrogens with zero attached hydrogens (tertiary/aromatic N) is 1. The van der Waals surface area contributed by atoms with Crippen molar-refractivity contribution in [1.82, 2.24) is 5.32 Å². The Morgan fingerprint density at radius 3 is 2.55 bits per heavy atom. The van der Waals surface area contributed by atoms with Gasteiger partial charge in [-0.3, -0.25) is 14.9 Å². The quantitative estimate of drug-likeness (QED) is 0.670. The molecule has 0 bridgehead atoms. The summed E-state index contributed by atoms with van der Waals surface area (Å²) in [5.41, 5.74) is 1.50. The van der Waals surface area contributed by atoms with E-state index in [0.717, 1.165) is 5.56 Å². The number of nitro benzene ring substituents is 1. The van der Waals surface area contributed by atoms with Crippen molar-refractivity contribution in [2.24, 2.45) is 0 Å². The monoisotopic (exact) mass is 270 g/mol. The molecule has 0 radical (unpaired) electrons. The summed E-state index contributed by atoms with van der Waals surface area (Å²) in [6, 6.07) is 15.4. The zero-order chi connectivity index (χ0) is 14.4. The number of amides is 1. The predicted molar refractivity (Wildman–Crippen MR) is 75.6 cm³/mol. The molecule has 2 aromatic carbocycles. The van der Waals surface area contributed by atoms with Crippen LogP contribution in [-0.4, -0.2) is 17.4 Å². The van der Waals surface area contributed by atoms with Crippen LogP contribution in [0.3, 0.4) is 0 Å². The molecule has 0 atom stereocenters. The molecule has 5 nitrogen and oxygen atoms in total. The third kappa shape index (κ3) is 3.65. The van der Waals surface area contributed by atoms with E-state index in [1.165, 1.54) is 12.1 Å².